The van der Waals surface area contributed by atoms with E-state index >= 15 is 0 Å². The van der Waals surface area contributed by atoms with E-state index in [4.69, 9.17) is 0 Å². The van der Waals surface area contributed by atoms with E-state index in [-0.39, 0.29) is 0 Å². The lowest BCUT2D eigenvalue weighted by Crippen LogP contribution is -2.35. The van der Waals surface area contributed by atoms with Crippen LogP contribution in [0.15, 0.2) is 41.5 Å². The van der Waals surface area contributed by atoms with Crippen molar-refractivity contribution < 1.29 is 5.11 Å². The molecular formula is C15H16N4OS. The summed E-state index contributed by atoms with van der Waals surface area (Å²) in [6, 6.07) is 5.79. The number of aromatic nitrogens is 3. The van der Waals surface area contributed by atoms with Crippen LogP contribution in [0.3, 0.4) is 0 Å². The Bertz CT molecular complexity index is 722. The first-order chi connectivity index (χ1) is 10.1. The van der Waals surface area contributed by atoms with E-state index in [0.717, 1.165) is 10.9 Å². The number of nitrogens with one attached hydrogen (secondary N) is 1. The zero-order valence-electron chi connectivity index (χ0n) is 11.7. The molecule has 3 aromatic heterocycles. The third-order valence-corrected chi connectivity index (χ3v) is 3.94. The Labute approximate surface area is 126 Å². The molecule has 0 aliphatic rings. The molecule has 0 aromatic carbocycles. The Kier molecular flexibility index (Phi) is 3.81. The summed E-state index contributed by atoms with van der Waals surface area (Å²) < 4.78 is 0. The van der Waals surface area contributed by atoms with Crippen LogP contribution in [0, 0.1) is 0 Å². The Morgan fingerprint density at radius 2 is 2.19 bits per heavy atom. The predicted octanol–water partition coefficient (Wildman–Crippen LogP) is 2.49. The molecule has 3 heterocycles. The van der Waals surface area contributed by atoms with Gasteiger partial charge in [-0.15, -0.1) is 0 Å². The van der Waals surface area contributed by atoms with Crippen molar-refractivity contribution in [3.8, 4) is 0 Å². The minimum absolute atomic E-state index is 0.407. The van der Waals surface area contributed by atoms with E-state index in [9.17, 15) is 5.11 Å². The zero-order chi connectivity index (χ0) is 14.7. The summed E-state index contributed by atoms with van der Waals surface area (Å²) in [7, 11) is 0. The Hall–Kier alpha value is -2.05. The molecule has 21 heavy (non-hydrogen) atoms. The van der Waals surface area contributed by atoms with Crippen LogP contribution in [0.2, 0.25) is 0 Å². The molecule has 2 N–H and O–H groups in total. The van der Waals surface area contributed by atoms with Gasteiger partial charge in [0.05, 0.1) is 11.0 Å². The maximum Gasteiger partial charge on any atom is 0.164 e. The largest absolute Gasteiger partial charge is 0.388 e. The van der Waals surface area contributed by atoms with Gasteiger partial charge in [0.2, 0.25) is 0 Å². The summed E-state index contributed by atoms with van der Waals surface area (Å²) in [5, 5.41) is 18.6. The van der Waals surface area contributed by atoms with E-state index in [1.165, 1.54) is 6.33 Å². The molecule has 0 radical (unpaired) electrons. The monoisotopic (exact) mass is 300 g/mol. The lowest BCUT2D eigenvalue weighted by Gasteiger charge is -2.23. The molecule has 3 aromatic rings. The molecule has 0 saturated heterocycles. The average Bonchev–Trinajstić information content (AvgIpc) is 2.97. The third kappa shape index (κ3) is 3.34. The van der Waals surface area contributed by atoms with Crippen molar-refractivity contribution in [1.82, 2.24) is 15.0 Å². The number of pyridine rings is 1. The van der Waals surface area contributed by atoms with Crippen molar-refractivity contribution in [2.24, 2.45) is 0 Å². The van der Waals surface area contributed by atoms with Gasteiger partial charge in [0, 0.05) is 19.2 Å². The van der Waals surface area contributed by atoms with Gasteiger partial charge in [-0.25, -0.2) is 15.0 Å². The normalized spacial score (nSPS) is 14.0. The molecule has 0 bridgehead atoms. The summed E-state index contributed by atoms with van der Waals surface area (Å²) in [6.45, 7) is 2.23. The first-order valence-electron chi connectivity index (χ1n) is 6.67. The van der Waals surface area contributed by atoms with Crippen LogP contribution >= 0.6 is 11.3 Å². The third-order valence-electron chi connectivity index (χ3n) is 3.21. The van der Waals surface area contributed by atoms with Crippen molar-refractivity contribution in [3.05, 3.63) is 47.0 Å². The lowest BCUT2D eigenvalue weighted by molar-refractivity contribution is 0.0742. The molecule has 6 heteroatoms. The molecule has 5 nitrogen and oxygen atoms in total. The van der Waals surface area contributed by atoms with Gasteiger partial charge in [-0.1, -0.05) is 0 Å². The number of nitrogens with zero attached hydrogens (tertiary/aromatic N) is 3. The molecular weight excluding hydrogens is 284 g/mol. The topological polar surface area (TPSA) is 70.9 Å². The highest BCUT2D eigenvalue weighted by Gasteiger charge is 2.21. The van der Waals surface area contributed by atoms with Crippen molar-refractivity contribution in [1.29, 1.82) is 0 Å². The fourth-order valence-corrected chi connectivity index (χ4v) is 2.87. The molecule has 1 atom stereocenters. The standard InChI is InChI=1S/C15H16N4OS/c1-15(20,7-11-4-6-21-8-11)9-17-14-12-3-2-5-16-13(12)18-10-19-14/h2-6,8,10,20H,7,9H2,1H3,(H,16,17,18,19). The van der Waals surface area contributed by atoms with Crippen LogP contribution in [0.1, 0.15) is 12.5 Å². The van der Waals surface area contributed by atoms with E-state index in [2.05, 4.69) is 25.6 Å². The molecule has 0 aliphatic carbocycles. The second kappa shape index (κ2) is 5.75. The Balaban J connectivity index is 1.74. The summed E-state index contributed by atoms with van der Waals surface area (Å²) in [6.07, 6.45) is 3.78. The molecule has 0 fully saturated rings. The summed E-state index contributed by atoms with van der Waals surface area (Å²) in [5.41, 5.74) is 0.939. The maximum atomic E-state index is 10.5. The quantitative estimate of drug-likeness (QED) is 0.757. The minimum Gasteiger partial charge on any atom is -0.388 e. The van der Waals surface area contributed by atoms with Crippen molar-refractivity contribution in [3.63, 3.8) is 0 Å². The van der Waals surface area contributed by atoms with Crippen LogP contribution in [0.25, 0.3) is 11.0 Å². The van der Waals surface area contributed by atoms with E-state index in [0.29, 0.717) is 24.4 Å². The highest BCUT2D eigenvalue weighted by atomic mass is 32.1. The van der Waals surface area contributed by atoms with Gasteiger partial charge in [0.1, 0.15) is 12.1 Å². The van der Waals surface area contributed by atoms with Crippen molar-refractivity contribution in [2.45, 2.75) is 18.9 Å². The number of hydrogen-bond donors (Lipinski definition) is 2. The van der Waals surface area contributed by atoms with Crippen molar-refractivity contribution in [2.75, 3.05) is 11.9 Å². The van der Waals surface area contributed by atoms with Gasteiger partial charge in [-0.2, -0.15) is 11.3 Å². The highest BCUT2D eigenvalue weighted by Crippen LogP contribution is 2.20. The summed E-state index contributed by atoms with van der Waals surface area (Å²) in [5.74, 6) is 0.693. The molecule has 0 aliphatic heterocycles. The maximum absolute atomic E-state index is 10.5. The van der Waals surface area contributed by atoms with E-state index in [1.54, 1.807) is 17.5 Å². The fourth-order valence-electron chi connectivity index (χ4n) is 2.21. The van der Waals surface area contributed by atoms with Gasteiger partial charge in [-0.3, -0.25) is 0 Å². The van der Waals surface area contributed by atoms with Crippen molar-refractivity contribution >= 4 is 28.2 Å². The van der Waals surface area contributed by atoms with Gasteiger partial charge >= 0.3 is 0 Å². The van der Waals surface area contributed by atoms with Gasteiger partial charge in [-0.05, 0) is 41.4 Å². The second-order valence-corrected chi connectivity index (χ2v) is 6.04. The number of rotatable bonds is 5. The first-order valence-corrected chi connectivity index (χ1v) is 7.61. The van der Waals surface area contributed by atoms with Crippen LogP contribution in [0.4, 0.5) is 5.82 Å². The molecule has 0 amide bonds. The SMILES string of the molecule is CC(O)(CNc1ncnc2ncccc12)Cc1ccsc1. The Morgan fingerprint density at radius 1 is 1.29 bits per heavy atom. The number of hydrogen-bond acceptors (Lipinski definition) is 6. The molecule has 108 valence electrons. The average molecular weight is 300 g/mol. The lowest BCUT2D eigenvalue weighted by atomic mass is 9.98. The number of aliphatic hydroxyl groups is 1. The summed E-state index contributed by atoms with van der Waals surface area (Å²) >= 11 is 1.64. The predicted molar refractivity (Wildman–Crippen MR) is 84.5 cm³/mol. The number of anilines is 1. The molecule has 0 spiro atoms. The smallest absolute Gasteiger partial charge is 0.164 e. The van der Waals surface area contributed by atoms with Crippen LogP contribution in [-0.2, 0) is 6.42 Å². The fraction of sp³-hybridized carbons (Fsp3) is 0.267. The number of fused-ring (bicyclic) bond motifs is 1. The zero-order valence-corrected chi connectivity index (χ0v) is 12.5. The van der Waals surface area contributed by atoms with Gasteiger partial charge in [0.25, 0.3) is 0 Å². The first kappa shape index (κ1) is 13.9. The highest BCUT2D eigenvalue weighted by molar-refractivity contribution is 7.07. The molecule has 0 saturated carbocycles. The van der Waals surface area contributed by atoms with Gasteiger partial charge < -0.3 is 10.4 Å². The molecule has 3 rings (SSSR count). The van der Waals surface area contributed by atoms with Crippen LogP contribution in [0.5, 0.6) is 0 Å². The molecule has 1 unspecified atom stereocenters. The van der Waals surface area contributed by atoms with Gasteiger partial charge in [0.15, 0.2) is 5.65 Å². The summed E-state index contributed by atoms with van der Waals surface area (Å²) in [4.78, 5) is 12.6. The minimum atomic E-state index is -0.847. The van der Waals surface area contributed by atoms with E-state index < -0.39 is 5.60 Å². The number of thiophene rings is 1. The second-order valence-electron chi connectivity index (χ2n) is 5.26. The van der Waals surface area contributed by atoms with Crippen LogP contribution < -0.4 is 5.32 Å². The Morgan fingerprint density at radius 3 is 3.00 bits per heavy atom. The van der Waals surface area contributed by atoms with Crippen LogP contribution in [-0.4, -0.2) is 32.2 Å². The van der Waals surface area contributed by atoms with E-state index in [1.807, 2.05) is 30.5 Å².